The number of carbonyl (C=O) groups excluding carboxylic acids is 1. The minimum atomic E-state index is -0.0534. The summed E-state index contributed by atoms with van der Waals surface area (Å²) in [7, 11) is 3.31. The lowest BCUT2D eigenvalue weighted by atomic mass is 10.0. The van der Waals surface area contributed by atoms with Gasteiger partial charge in [0.2, 0.25) is 0 Å². The molecule has 1 aliphatic rings. The number of nitrogens with zero attached hydrogens (tertiary/aromatic N) is 5. The number of pyridine rings is 1. The lowest BCUT2D eigenvalue weighted by Gasteiger charge is -2.23. The van der Waals surface area contributed by atoms with Gasteiger partial charge in [0.1, 0.15) is 16.9 Å². The van der Waals surface area contributed by atoms with E-state index in [1.165, 1.54) is 0 Å². The lowest BCUT2D eigenvalue weighted by molar-refractivity contribution is 0.0739. The third-order valence-electron chi connectivity index (χ3n) is 7.44. The molecule has 0 bridgehead atoms. The highest BCUT2D eigenvalue weighted by molar-refractivity contribution is 6.00. The molecule has 1 fully saturated rings. The van der Waals surface area contributed by atoms with Crippen molar-refractivity contribution in [3.8, 4) is 17.3 Å². The second-order valence-corrected chi connectivity index (χ2v) is 9.57. The van der Waals surface area contributed by atoms with Crippen LogP contribution in [0.15, 0.2) is 36.5 Å². The zero-order chi connectivity index (χ0) is 25.6. The van der Waals surface area contributed by atoms with Gasteiger partial charge < -0.3 is 29.2 Å². The molecule has 3 atom stereocenters. The van der Waals surface area contributed by atoms with Gasteiger partial charge in [-0.3, -0.25) is 4.79 Å². The van der Waals surface area contributed by atoms with E-state index in [9.17, 15) is 4.79 Å². The molecule has 9 heteroatoms. The van der Waals surface area contributed by atoms with E-state index in [4.69, 9.17) is 20.2 Å². The Morgan fingerprint density at radius 2 is 2.00 bits per heavy atom. The molecule has 9 nitrogen and oxygen atoms in total. The van der Waals surface area contributed by atoms with Crippen LogP contribution in [0.2, 0.25) is 0 Å². The number of benzene rings is 1. The molecule has 1 aromatic carbocycles. The van der Waals surface area contributed by atoms with Crippen molar-refractivity contribution < 1.29 is 14.3 Å². The number of nitrogens with two attached hydrogens (primary N) is 1. The molecule has 5 rings (SSSR count). The van der Waals surface area contributed by atoms with Crippen molar-refractivity contribution >= 4 is 28.0 Å². The Morgan fingerprint density at radius 3 is 2.67 bits per heavy atom. The molecule has 0 spiro atoms. The summed E-state index contributed by atoms with van der Waals surface area (Å²) >= 11 is 0. The highest BCUT2D eigenvalue weighted by Crippen LogP contribution is 2.35. The molecule has 190 valence electrons. The number of carbonyl (C=O) groups is 1. The molecule has 0 aliphatic carbocycles. The number of hydrogen-bond donors (Lipinski definition) is 1. The van der Waals surface area contributed by atoms with E-state index in [1.54, 1.807) is 20.4 Å². The van der Waals surface area contributed by atoms with Crippen LogP contribution < -0.4 is 10.5 Å². The number of amides is 1. The molecular formula is C27H34N6O3. The minimum absolute atomic E-state index is 0.0308. The number of ether oxygens (including phenoxy) is 2. The quantitative estimate of drug-likeness (QED) is 0.425. The third-order valence-corrected chi connectivity index (χ3v) is 7.44. The second kappa shape index (κ2) is 9.55. The van der Waals surface area contributed by atoms with E-state index in [1.807, 2.05) is 30.0 Å². The summed E-state index contributed by atoms with van der Waals surface area (Å²) in [5.74, 6) is 1.59. The zero-order valence-corrected chi connectivity index (χ0v) is 21.6. The van der Waals surface area contributed by atoms with Gasteiger partial charge >= 0.3 is 0 Å². The fraction of sp³-hybridized carbons (Fsp3) is 0.444. The molecule has 1 amide bonds. The van der Waals surface area contributed by atoms with Crippen molar-refractivity contribution in [2.75, 3.05) is 27.4 Å². The zero-order valence-electron chi connectivity index (χ0n) is 21.6. The summed E-state index contributed by atoms with van der Waals surface area (Å²) in [5.41, 5.74) is 10.3. The number of aromatic nitrogens is 4. The van der Waals surface area contributed by atoms with Crippen LogP contribution in [0.5, 0.6) is 5.75 Å². The number of fused-ring (bicyclic) bond motifs is 2. The highest BCUT2D eigenvalue weighted by atomic mass is 16.5. The first-order chi connectivity index (χ1) is 17.4. The molecule has 0 saturated carbocycles. The SMILES string of the molecule is CCn1c(-c2nc3cc(C(=O)N4C[C@@H](C)C(N)C4C)cc(OC)c3n2CCOC)cc2cccnc21. The average Bonchev–Trinajstić information content (AvgIpc) is 3.53. The number of hydrogen-bond acceptors (Lipinski definition) is 6. The first-order valence-electron chi connectivity index (χ1n) is 12.5. The van der Waals surface area contributed by atoms with E-state index in [0.717, 1.165) is 34.6 Å². The normalized spacial score (nSPS) is 20.1. The molecule has 4 aromatic rings. The van der Waals surface area contributed by atoms with Gasteiger partial charge in [-0.1, -0.05) is 6.92 Å². The van der Waals surface area contributed by atoms with E-state index < -0.39 is 0 Å². The van der Waals surface area contributed by atoms with Crippen LogP contribution in [-0.2, 0) is 17.8 Å². The van der Waals surface area contributed by atoms with Crippen molar-refractivity contribution in [3.05, 3.63) is 42.1 Å². The largest absolute Gasteiger partial charge is 0.494 e. The van der Waals surface area contributed by atoms with Crippen LogP contribution >= 0.6 is 0 Å². The van der Waals surface area contributed by atoms with E-state index in [0.29, 0.717) is 36.5 Å². The number of aryl methyl sites for hydroxylation is 1. The van der Waals surface area contributed by atoms with Gasteiger partial charge in [0.25, 0.3) is 5.91 Å². The van der Waals surface area contributed by atoms with Crippen molar-refractivity contribution in [2.45, 2.75) is 45.9 Å². The standard InChI is InChI=1S/C27H34N6O3/c1-6-31-21(13-18-8-7-9-29-25(18)31)26-30-20-12-19(27(34)33-15-16(2)23(28)17(33)3)14-22(36-5)24(20)32(26)10-11-35-4/h7-9,12-14,16-17,23H,6,10-11,15,28H2,1-5H3/t16-,17?,23?/m1/s1. The van der Waals surface area contributed by atoms with Gasteiger partial charge in [-0.15, -0.1) is 0 Å². The van der Waals surface area contributed by atoms with Crippen LogP contribution in [0.25, 0.3) is 33.6 Å². The summed E-state index contributed by atoms with van der Waals surface area (Å²) < 4.78 is 15.5. The molecule has 1 saturated heterocycles. The topological polar surface area (TPSA) is 100 Å². The Hall–Kier alpha value is -3.43. The van der Waals surface area contributed by atoms with Crippen molar-refractivity contribution in [3.63, 3.8) is 0 Å². The number of likely N-dealkylation sites (tertiary alicyclic amines) is 1. The van der Waals surface area contributed by atoms with Gasteiger partial charge in [0.15, 0.2) is 5.82 Å². The van der Waals surface area contributed by atoms with Gasteiger partial charge in [-0.25, -0.2) is 9.97 Å². The smallest absolute Gasteiger partial charge is 0.254 e. The maximum absolute atomic E-state index is 13.6. The van der Waals surface area contributed by atoms with E-state index in [-0.39, 0.29) is 23.9 Å². The Balaban J connectivity index is 1.69. The van der Waals surface area contributed by atoms with Crippen LogP contribution in [0.4, 0.5) is 0 Å². The minimum Gasteiger partial charge on any atom is -0.494 e. The van der Waals surface area contributed by atoms with E-state index >= 15 is 0 Å². The van der Waals surface area contributed by atoms with Crippen molar-refractivity contribution in [1.29, 1.82) is 0 Å². The first kappa shape index (κ1) is 24.3. The van der Waals surface area contributed by atoms with Crippen molar-refractivity contribution in [2.24, 2.45) is 11.7 Å². The molecular weight excluding hydrogens is 456 g/mol. The second-order valence-electron chi connectivity index (χ2n) is 9.57. The Kier molecular flexibility index (Phi) is 6.44. The van der Waals surface area contributed by atoms with Crippen LogP contribution in [0.3, 0.4) is 0 Å². The molecule has 3 aromatic heterocycles. The molecule has 2 unspecified atom stereocenters. The van der Waals surface area contributed by atoms with Crippen LogP contribution in [0.1, 0.15) is 31.1 Å². The Labute approximate surface area is 210 Å². The van der Waals surface area contributed by atoms with Crippen molar-refractivity contribution in [1.82, 2.24) is 24.0 Å². The Bertz CT molecular complexity index is 1420. The predicted molar refractivity (Wildman–Crippen MR) is 140 cm³/mol. The molecule has 4 heterocycles. The predicted octanol–water partition coefficient (Wildman–Crippen LogP) is 3.54. The lowest BCUT2D eigenvalue weighted by Crippen LogP contribution is -2.40. The molecule has 2 N–H and O–H groups in total. The summed E-state index contributed by atoms with van der Waals surface area (Å²) in [4.78, 5) is 25.1. The summed E-state index contributed by atoms with van der Waals surface area (Å²) in [5, 5.41) is 1.05. The molecule has 36 heavy (non-hydrogen) atoms. The monoisotopic (exact) mass is 490 g/mol. The van der Waals surface area contributed by atoms with Gasteiger partial charge in [-0.2, -0.15) is 0 Å². The maximum Gasteiger partial charge on any atom is 0.254 e. The summed E-state index contributed by atoms with van der Waals surface area (Å²) in [6.45, 7) is 8.67. The van der Waals surface area contributed by atoms with Crippen LogP contribution in [-0.4, -0.2) is 69.4 Å². The number of imidazole rings is 1. The average molecular weight is 491 g/mol. The highest BCUT2D eigenvalue weighted by Gasteiger charge is 2.37. The third kappa shape index (κ3) is 3.83. The van der Waals surface area contributed by atoms with Gasteiger partial charge in [0.05, 0.1) is 24.9 Å². The number of rotatable bonds is 7. The van der Waals surface area contributed by atoms with Gasteiger partial charge in [-0.05, 0) is 50.1 Å². The maximum atomic E-state index is 13.6. The van der Waals surface area contributed by atoms with E-state index in [2.05, 4.69) is 40.1 Å². The van der Waals surface area contributed by atoms with Crippen LogP contribution in [0, 0.1) is 5.92 Å². The summed E-state index contributed by atoms with van der Waals surface area (Å²) in [6, 6.07) is 9.72. The number of methoxy groups -OCH3 is 2. The fourth-order valence-corrected chi connectivity index (χ4v) is 5.41. The summed E-state index contributed by atoms with van der Waals surface area (Å²) in [6.07, 6.45) is 1.80. The first-order valence-corrected chi connectivity index (χ1v) is 12.5. The Morgan fingerprint density at radius 1 is 1.19 bits per heavy atom. The fourth-order valence-electron chi connectivity index (χ4n) is 5.41. The molecule has 1 aliphatic heterocycles. The molecule has 0 radical (unpaired) electrons. The van der Waals surface area contributed by atoms with Gasteiger partial charge in [0, 0.05) is 56.0 Å².